The third-order valence-electron chi connectivity index (χ3n) is 10.2. The van der Waals surface area contributed by atoms with Gasteiger partial charge in [-0.25, -0.2) is 9.97 Å². The van der Waals surface area contributed by atoms with Gasteiger partial charge in [0.25, 0.3) is 0 Å². The number of nitrogens with zero attached hydrogens (tertiary/aromatic N) is 5. The largest absolute Gasteiger partial charge is 0.304 e. The highest BCUT2D eigenvalue weighted by Crippen LogP contribution is 2.42. The van der Waals surface area contributed by atoms with E-state index < -0.39 is 0 Å². The lowest BCUT2D eigenvalue weighted by molar-refractivity contribution is 1.10. The van der Waals surface area contributed by atoms with Crippen LogP contribution in [-0.4, -0.2) is 23.3 Å². The fourth-order valence-electron chi connectivity index (χ4n) is 7.97. The van der Waals surface area contributed by atoms with Gasteiger partial charge < -0.3 is 4.40 Å². The molecule has 0 saturated heterocycles. The molecule has 238 valence electrons. The minimum absolute atomic E-state index is 0.928. The van der Waals surface area contributed by atoms with E-state index in [9.17, 15) is 0 Å². The molecule has 0 saturated carbocycles. The molecule has 0 radical (unpaired) electrons. The molecule has 4 heterocycles. The molecular weight excluding hydrogens is 623 g/mol. The molecule has 5 heteroatoms. The maximum absolute atomic E-state index is 5.27. The van der Waals surface area contributed by atoms with Crippen LogP contribution in [0, 0.1) is 0 Å². The van der Waals surface area contributed by atoms with E-state index in [-0.39, 0.29) is 0 Å². The number of benzene rings is 7. The molecule has 11 aromatic rings. The van der Waals surface area contributed by atoms with E-state index in [4.69, 9.17) is 9.97 Å². The molecule has 7 aromatic carbocycles. The van der Waals surface area contributed by atoms with Gasteiger partial charge in [-0.1, -0.05) is 115 Å². The summed E-state index contributed by atoms with van der Waals surface area (Å²) in [7, 11) is 0. The van der Waals surface area contributed by atoms with E-state index >= 15 is 0 Å². The van der Waals surface area contributed by atoms with Crippen molar-refractivity contribution in [2.75, 3.05) is 0 Å². The van der Waals surface area contributed by atoms with Crippen LogP contribution in [0.5, 0.6) is 0 Å². The van der Waals surface area contributed by atoms with E-state index in [1.165, 1.54) is 16.5 Å². The van der Waals surface area contributed by atoms with E-state index in [2.05, 4.69) is 177 Å². The Morgan fingerprint density at radius 3 is 1.69 bits per heavy atom. The van der Waals surface area contributed by atoms with Crippen LogP contribution in [0.2, 0.25) is 0 Å². The summed E-state index contributed by atoms with van der Waals surface area (Å²) in [5, 5.41) is 1.19. The van der Waals surface area contributed by atoms with E-state index in [1.807, 2.05) is 12.1 Å². The van der Waals surface area contributed by atoms with Crippen molar-refractivity contribution < 1.29 is 0 Å². The van der Waals surface area contributed by atoms with E-state index in [0.717, 1.165) is 78.0 Å². The quantitative estimate of drug-likeness (QED) is 0.190. The molecule has 0 fully saturated rings. The van der Waals surface area contributed by atoms with Crippen LogP contribution in [0.15, 0.2) is 176 Å². The number of aromatic nitrogens is 5. The van der Waals surface area contributed by atoms with Crippen molar-refractivity contribution in [3.63, 3.8) is 0 Å². The molecule has 0 unspecified atom stereocenters. The van der Waals surface area contributed by atoms with E-state index in [0.29, 0.717) is 0 Å². The van der Waals surface area contributed by atoms with Gasteiger partial charge in [0.1, 0.15) is 5.82 Å². The van der Waals surface area contributed by atoms with Crippen molar-refractivity contribution in [2.24, 2.45) is 0 Å². The third kappa shape index (κ3) is 4.09. The number of rotatable bonds is 4. The molecule has 0 spiro atoms. The lowest BCUT2D eigenvalue weighted by Crippen LogP contribution is -1.97. The minimum Gasteiger partial charge on any atom is -0.304 e. The first kappa shape index (κ1) is 27.9. The Bertz CT molecular complexity index is 3110. The lowest BCUT2D eigenvalue weighted by atomic mass is 9.98. The Kier molecular flexibility index (Phi) is 5.89. The zero-order valence-corrected chi connectivity index (χ0v) is 27.5. The molecular formula is C46H29N5. The molecule has 0 N–H and O–H groups in total. The van der Waals surface area contributed by atoms with Gasteiger partial charge in [0.05, 0.1) is 44.1 Å². The second kappa shape index (κ2) is 10.8. The third-order valence-corrected chi connectivity index (χ3v) is 10.2. The second-order valence-corrected chi connectivity index (χ2v) is 13.1. The average molecular weight is 652 g/mol. The predicted molar refractivity (Wildman–Crippen MR) is 210 cm³/mol. The number of hydrogen-bond donors (Lipinski definition) is 0. The highest BCUT2D eigenvalue weighted by atomic mass is 15.1. The van der Waals surface area contributed by atoms with Crippen molar-refractivity contribution in [3.05, 3.63) is 176 Å². The van der Waals surface area contributed by atoms with Gasteiger partial charge in [-0.15, -0.1) is 0 Å². The van der Waals surface area contributed by atoms with Crippen LogP contribution in [0.3, 0.4) is 0 Å². The predicted octanol–water partition coefficient (Wildman–Crippen LogP) is 11.4. The normalized spacial score (nSPS) is 11.9. The first-order valence-corrected chi connectivity index (χ1v) is 17.3. The summed E-state index contributed by atoms with van der Waals surface area (Å²) in [6.45, 7) is 0. The summed E-state index contributed by atoms with van der Waals surface area (Å²) in [6, 6.07) is 62.4. The van der Waals surface area contributed by atoms with E-state index in [1.54, 1.807) is 0 Å². The average Bonchev–Trinajstić information content (AvgIpc) is 3.89. The van der Waals surface area contributed by atoms with Crippen LogP contribution in [0.1, 0.15) is 0 Å². The zero-order chi connectivity index (χ0) is 33.5. The lowest BCUT2D eigenvalue weighted by Gasteiger charge is -2.10. The molecule has 51 heavy (non-hydrogen) atoms. The highest BCUT2D eigenvalue weighted by molar-refractivity contribution is 6.14. The molecule has 11 rings (SSSR count). The number of para-hydroxylation sites is 7. The Hall–Kier alpha value is -6.98. The summed E-state index contributed by atoms with van der Waals surface area (Å²) in [5.41, 5.74) is 16.5. The maximum Gasteiger partial charge on any atom is 0.163 e. The molecule has 0 bridgehead atoms. The summed E-state index contributed by atoms with van der Waals surface area (Å²) in [5.74, 6) is 0.928. The van der Waals surface area contributed by atoms with Gasteiger partial charge in [0.15, 0.2) is 5.65 Å². The van der Waals surface area contributed by atoms with Gasteiger partial charge in [-0.2, -0.15) is 0 Å². The fraction of sp³-hybridized carbons (Fsp3) is 0. The van der Waals surface area contributed by atoms with Crippen molar-refractivity contribution in [1.29, 1.82) is 0 Å². The Balaban J connectivity index is 1.15. The molecule has 0 amide bonds. The SMILES string of the molecule is c1ccc(-c2c3cc(-c4ccc(-c5nc6ccccc6n5-c5ccccc5)cc4)ccc3n3c4ccccc4n4c5ccccc5nc4c23)cc1. The Morgan fingerprint density at radius 1 is 0.373 bits per heavy atom. The van der Waals surface area contributed by atoms with Crippen molar-refractivity contribution in [1.82, 2.24) is 23.3 Å². The monoisotopic (exact) mass is 651 g/mol. The molecule has 0 aliphatic rings. The summed E-state index contributed by atoms with van der Waals surface area (Å²) in [4.78, 5) is 10.4. The molecule has 5 nitrogen and oxygen atoms in total. The van der Waals surface area contributed by atoms with Crippen LogP contribution in [0.25, 0.3) is 94.5 Å². The summed E-state index contributed by atoms with van der Waals surface area (Å²) < 4.78 is 6.99. The molecule has 0 aliphatic carbocycles. The van der Waals surface area contributed by atoms with Crippen LogP contribution in [0.4, 0.5) is 0 Å². The first-order chi connectivity index (χ1) is 25.3. The number of hydrogen-bond acceptors (Lipinski definition) is 2. The summed E-state index contributed by atoms with van der Waals surface area (Å²) in [6.07, 6.45) is 0. The van der Waals surface area contributed by atoms with Gasteiger partial charge in [-0.3, -0.25) is 8.97 Å². The minimum atomic E-state index is 0.928. The van der Waals surface area contributed by atoms with Gasteiger partial charge in [0, 0.05) is 22.2 Å². The Labute approximate surface area is 292 Å². The molecule has 4 aromatic heterocycles. The second-order valence-electron chi connectivity index (χ2n) is 13.1. The van der Waals surface area contributed by atoms with Gasteiger partial charge >= 0.3 is 0 Å². The number of imidazole rings is 2. The maximum atomic E-state index is 5.27. The van der Waals surface area contributed by atoms with Gasteiger partial charge in [-0.05, 0) is 77.4 Å². The fourth-order valence-corrected chi connectivity index (χ4v) is 7.97. The topological polar surface area (TPSA) is 39.5 Å². The van der Waals surface area contributed by atoms with Crippen LogP contribution >= 0.6 is 0 Å². The van der Waals surface area contributed by atoms with Crippen LogP contribution < -0.4 is 0 Å². The van der Waals surface area contributed by atoms with Crippen molar-refractivity contribution in [2.45, 2.75) is 0 Å². The molecule has 0 aliphatic heterocycles. The summed E-state index contributed by atoms with van der Waals surface area (Å²) >= 11 is 0. The number of fused-ring (bicyclic) bond motifs is 11. The smallest absolute Gasteiger partial charge is 0.163 e. The first-order valence-electron chi connectivity index (χ1n) is 17.3. The standard InChI is InChI=1S/C46H29N5/c1-3-13-31(14-4-1)43-35-29-33(30-23-25-32(26-24-30)45-47-36-17-7-9-19-39(36)49(45)34-15-5-2-6-16-34)27-28-38(35)50-41-21-11-12-22-42(41)51-40-20-10-8-18-37(40)48-46(51)44(43)50/h1-29H. The highest BCUT2D eigenvalue weighted by Gasteiger charge is 2.22. The van der Waals surface area contributed by atoms with Gasteiger partial charge in [0.2, 0.25) is 0 Å². The van der Waals surface area contributed by atoms with Crippen LogP contribution in [-0.2, 0) is 0 Å². The van der Waals surface area contributed by atoms with Crippen molar-refractivity contribution in [3.8, 4) is 39.3 Å². The van der Waals surface area contributed by atoms with Crippen molar-refractivity contribution >= 4 is 55.2 Å². The molecule has 0 atom stereocenters. The Morgan fingerprint density at radius 2 is 0.941 bits per heavy atom. The zero-order valence-electron chi connectivity index (χ0n) is 27.5.